The molecule has 1 aliphatic rings. The quantitative estimate of drug-likeness (QED) is 0.487. The molecular weight excluding hydrogens is 432 g/mol. The van der Waals surface area contributed by atoms with Crippen molar-refractivity contribution in [2.75, 3.05) is 18.5 Å². The maximum atomic E-state index is 12.1. The van der Waals surface area contributed by atoms with Gasteiger partial charge >= 0.3 is 0 Å². The number of rotatable bonds is 7. The number of ether oxygens (including phenoxy) is 2. The first-order valence-electron chi connectivity index (χ1n) is 8.64. The molecule has 0 aliphatic carbocycles. The summed E-state index contributed by atoms with van der Waals surface area (Å²) < 4.78 is 11.7. The van der Waals surface area contributed by atoms with Crippen LogP contribution in [0.15, 0.2) is 47.4 Å². The zero-order valence-electron chi connectivity index (χ0n) is 15.4. The van der Waals surface area contributed by atoms with E-state index in [-0.39, 0.29) is 18.4 Å². The third-order valence-electron chi connectivity index (χ3n) is 3.69. The Balaban J connectivity index is 1.67. The summed E-state index contributed by atoms with van der Waals surface area (Å²) in [5.41, 5.74) is 1.38. The molecular formula is C20H17ClN2O4S2. The van der Waals surface area contributed by atoms with Crippen molar-refractivity contribution < 1.29 is 19.1 Å². The van der Waals surface area contributed by atoms with Crippen LogP contribution < -0.4 is 20.1 Å². The first-order valence-corrected chi connectivity index (χ1v) is 10.2. The molecule has 2 amide bonds. The van der Waals surface area contributed by atoms with Crippen molar-refractivity contribution in [2.24, 2.45) is 0 Å². The van der Waals surface area contributed by atoms with Crippen LogP contribution in [0.2, 0.25) is 5.02 Å². The molecule has 0 unspecified atom stereocenters. The largest absolute Gasteiger partial charge is 0.490 e. The van der Waals surface area contributed by atoms with Gasteiger partial charge in [0.2, 0.25) is 0 Å². The molecule has 1 aliphatic heterocycles. The first-order chi connectivity index (χ1) is 13.9. The maximum Gasteiger partial charge on any atom is 0.263 e. The Hall–Kier alpha value is -2.55. The lowest BCUT2D eigenvalue weighted by Crippen LogP contribution is -2.20. The Morgan fingerprint density at radius 2 is 1.97 bits per heavy atom. The summed E-state index contributed by atoms with van der Waals surface area (Å²) in [6, 6.07) is 12.0. The highest BCUT2D eigenvalue weighted by Gasteiger charge is 2.22. The Morgan fingerprint density at radius 1 is 1.21 bits per heavy atom. The summed E-state index contributed by atoms with van der Waals surface area (Å²) in [6.07, 6.45) is 1.72. The van der Waals surface area contributed by atoms with Gasteiger partial charge in [0.25, 0.3) is 11.8 Å². The zero-order valence-corrected chi connectivity index (χ0v) is 17.7. The molecule has 0 radical (unpaired) electrons. The van der Waals surface area contributed by atoms with Crippen LogP contribution in [0.4, 0.5) is 5.69 Å². The number of nitrogens with one attached hydrogen (secondary N) is 2. The van der Waals surface area contributed by atoms with E-state index in [1.807, 2.05) is 6.92 Å². The van der Waals surface area contributed by atoms with E-state index in [2.05, 4.69) is 10.6 Å². The fourth-order valence-corrected chi connectivity index (χ4v) is 3.62. The van der Waals surface area contributed by atoms with Crippen LogP contribution in [0.25, 0.3) is 6.08 Å². The summed E-state index contributed by atoms with van der Waals surface area (Å²) in [5.74, 6) is 0.372. The van der Waals surface area contributed by atoms with E-state index in [9.17, 15) is 9.59 Å². The minimum atomic E-state index is -0.312. The minimum Gasteiger partial charge on any atom is -0.490 e. The van der Waals surface area contributed by atoms with Crippen LogP contribution in [0, 0.1) is 0 Å². The molecule has 0 saturated carbocycles. The Labute approximate surface area is 182 Å². The Bertz CT molecular complexity index is 977. The van der Waals surface area contributed by atoms with E-state index in [0.29, 0.717) is 38.0 Å². The second-order valence-electron chi connectivity index (χ2n) is 5.84. The number of hydrogen-bond acceptors (Lipinski definition) is 6. The van der Waals surface area contributed by atoms with E-state index in [1.54, 1.807) is 48.5 Å². The number of thiocarbonyl (C=S) groups is 1. The molecule has 2 aromatic rings. The number of carbonyl (C=O) groups excluding carboxylic acids is 2. The average molecular weight is 449 g/mol. The van der Waals surface area contributed by atoms with Gasteiger partial charge in [-0.25, -0.2) is 0 Å². The summed E-state index contributed by atoms with van der Waals surface area (Å²) in [6.45, 7) is 2.09. The molecule has 1 fully saturated rings. The molecule has 0 spiro atoms. The van der Waals surface area contributed by atoms with Crippen LogP contribution in [-0.2, 0) is 9.59 Å². The first kappa shape index (κ1) is 21.2. The normalized spacial score (nSPS) is 14.6. The number of thioether (sulfide) groups is 1. The predicted molar refractivity (Wildman–Crippen MR) is 119 cm³/mol. The molecule has 29 heavy (non-hydrogen) atoms. The molecule has 1 saturated heterocycles. The number of hydrogen-bond donors (Lipinski definition) is 2. The van der Waals surface area contributed by atoms with Gasteiger partial charge in [0, 0.05) is 10.7 Å². The Kier molecular flexibility index (Phi) is 7.13. The van der Waals surface area contributed by atoms with E-state index in [1.165, 1.54) is 11.8 Å². The molecule has 0 atom stereocenters. The lowest BCUT2D eigenvalue weighted by atomic mass is 10.2. The summed E-state index contributed by atoms with van der Waals surface area (Å²) in [4.78, 5) is 24.5. The summed E-state index contributed by atoms with van der Waals surface area (Å²) in [7, 11) is 0. The van der Waals surface area contributed by atoms with Crippen molar-refractivity contribution in [1.29, 1.82) is 0 Å². The topological polar surface area (TPSA) is 76.7 Å². The van der Waals surface area contributed by atoms with Gasteiger partial charge in [0.1, 0.15) is 4.32 Å². The number of amides is 2. The van der Waals surface area contributed by atoms with Crippen molar-refractivity contribution in [1.82, 2.24) is 5.32 Å². The van der Waals surface area contributed by atoms with Gasteiger partial charge in [-0.2, -0.15) is 0 Å². The predicted octanol–water partition coefficient (Wildman–Crippen LogP) is 4.25. The molecule has 2 aromatic carbocycles. The van der Waals surface area contributed by atoms with Crippen LogP contribution in [0.3, 0.4) is 0 Å². The lowest BCUT2D eigenvalue weighted by molar-refractivity contribution is -0.118. The molecule has 3 rings (SSSR count). The molecule has 0 aromatic heterocycles. The summed E-state index contributed by atoms with van der Waals surface area (Å²) in [5, 5.41) is 5.89. The van der Waals surface area contributed by atoms with Crippen molar-refractivity contribution in [2.45, 2.75) is 6.92 Å². The number of anilines is 1. The highest BCUT2D eigenvalue weighted by molar-refractivity contribution is 8.26. The fourth-order valence-electron chi connectivity index (χ4n) is 2.45. The molecule has 2 N–H and O–H groups in total. The van der Waals surface area contributed by atoms with Crippen LogP contribution in [-0.4, -0.2) is 29.3 Å². The SMILES string of the molecule is CCOc1cc(/C=C2\SC(=S)NC2=O)ccc1OCC(=O)Nc1ccc(Cl)cc1. The number of benzene rings is 2. The van der Waals surface area contributed by atoms with Gasteiger partial charge in [-0.1, -0.05) is 41.6 Å². The van der Waals surface area contributed by atoms with Gasteiger partial charge in [-0.05, 0) is 55.0 Å². The van der Waals surface area contributed by atoms with Crippen molar-refractivity contribution >= 4 is 63.5 Å². The monoisotopic (exact) mass is 448 g/mol. The van der Waals surface area contributed by atoms with E-state index < -0.39 is 0 Å². The highest BCUT2D eigenvalue weighted by atomic mass is 35.5. The second kappa shape index (κ2) is 9.78. The zero-order chi connectivity index (χ0) is 20.8. The third kappa shape index (κ3) is 5.96. The lowest BCUT2D eigenvalue weighted by Gasteiger charge is -2.13. The molecule has 6 nitrogen and oxygen atoms in total. The van der Waals surface area contributed by atoms with E-state index in [4.69, 9.17) is 33.3 Å². The maximum absolute atomic E-state index is 12.1. The molecule has 150 valence electrons. The molecule has 0 bridgehead atoms. The minimum absolute atomic E-state index is 0.185. The van der Waals surface area contributed by atoms with E-state index in [0.717, 1.165) is 5.56 Å². The van der Waals surface area contributed by atoms with Crippen LogP contribution in [0.1, 0.15) is 12.5 Å². The smallest absolute Gasteiger partial charge is 0.263 e. The standard InChI is InChI=1S/C20H17ClN2O4S2/c1-2-26-16-9-12(10-17-19(25)23-20(28)29-17)3-8-15(16)27-11-18(24)22-14-6-4-13(21)5-7-14/h3-10H,2,11H2,1H3,(H,22,24)(H,23,25,28)/b17-10-. The second-order valence-corrected chi connectivity index (χ2v) is 7.99. The van der Waals surface area contributed by atoms with Gasteiger partial charge < -0.3 is 20.1 Å². The molecule has 1 heterocycles. The van der Waals surface area contributed by atoms with Gasteiger partial charge in [-0.15, -0.1) is 0 Å². The molecule has 9 heteroatoms. The van der Waals surface area contributed by atoms with Crippen molar-refractivity contribution in [3.63, 3.8) is 0 Å². The fraction of sp³-hybridized carbons (Fsp3) is 0.150. The van der Waals surface area contributed by atoms with Crippen LogP contribution in [0.5, 0.6) is 11.5 Å². The average Bonchev–Trinajstić information content (AvgIpc) is 3.00. The summed E-state index contributed by atoms with van der Waals surface area (Å²) >= 11 is 12.0. The van der Waals surface area contributed by atoms with Gasteiger partial charge in [0.05, 0.1) is 11.5 Å². The van der Waals surface area contributed by atoms with Crippen molar-refractivity contribution in [3.8, 4) is 11.5 Å². The van der Waals surface area contributed by atoms with Gasteiger partial charge in [-0.3, -0.25) is 9.59 Å². The third-order valence-corrected chi connectivity index (χ3v) is 5.11. The highest BCUT2D eigenvalue weighted by Crippen LogP contribution is 2.32. The van der Waals surface area contributed by atoms with Gasteiger partial charge in [0.15, 0.2) is 18.1 Å². The number of halogens is 1. The van der Waals surface area contributed by atoms with Crippen LogP contribution >= 0.6 is 35.6 Å². The Morgan fingerprint density at radius 3 is 2.62 bits per heavy atom. The van der Waals surface area contributed by atoms with E-state index >= 15 is 0 Å². The van der Waals surface area contributed by atoms with Crippen molar-refractivity contribution in [3.05, 3.63) is 58.0 Å². The number of carbonyl (C=O) groups is 2.